The molecule has 1 aromatic heterocycles. The van der Waals surface area contributed by atoms with Gasteiger partial charge in [-0.1, -0.05) is 6.42 Å². The number of unbranched alkanes of at least 4 members (excludes halogenated alkanes) is 2. The number of ether oxygens (including phenoxy) is 1. The van der Waals surface area contributed by atoms with Gasteiger partial charge in [-0.2, -0.15) is 0 Å². The van der Waals surface area contributed by atoms with Crippen molar-refractivity contribution in [2.24, 2.45) is 5.73 Å². The molecule has 2 heterocycles. The lowest BCUT2D eigenvalue weighted by Crippen LogP contribution is -2.32. The SMILES string of the molecule is Cc1ccc(-c2cc(O)c3c(c2)CN(C(=O)CCCCCN)CCO3)s1.Cl. The summed E-state index contributed by atoms with van der Waals surface area (Å²) < 4.78 is 5.74. The molecule has 0 aliphatic carbocycles. The highest BCUT2D eigenvalue weighted by Crippen LogP contribution is 2.39. The number of hydrogen-bond donors (Lipinski definition) is 2. The molecule has 3 rings (SSSR count). The van der Waals surface area contributed by atoms with Gasteiger partial charge >= 0.3 is 0 Å². The first-order valence-corrected chi connectivity index (χ1v) is 9.93. The summed E-state index contributed by atoms with van der Waals surface area (Å²) >= 11 is 1.69. The van der Waals surface area contributed by atoms with Crippen molar-refractivity contribution in [1.29, 1.82) is 0 Å². The van der Waals surface area contributed by atoms with E-state index >= 15 is 0 Å². The number of nitrogens with zero attached hydrogens (tertiary/aromatic N) is 1. The fraction of sp³-hybridized carbons (Fsp3) is 0.450. The van der Waals surface area contributed by atoms with Crippen molar-refractivity contribution in [2.45, 2.75) is 39.2 Å². The normalized spacial score (nSPS) is 13.3. The number of carbonyl (C=O) groups excluding carboxylic acids is 1. The van der Waals surface area contributed by atoms with Gasteiger partial charge in [0.25, 0.3) is 0 Å². The molecule has 1 aliphatic heterocycles. The first kappa shape index (κ1) is 21.5. The predicted molar refractivity (Wildman–Crippen MR) is 112 cm³/mol. The Bertz CT molecular complexity index is 779. The number of benzene rings is 1. The van der Waals surface area contributed by atoms with Gasteiger partial charge in [-0.3, -0.25) is 4.79 Å². The molecular formula is C20H27ClN2O3S. The van der Waals surface area contributed by atoms with E-state index in [1.807, 2.05) is 11.0 Å². The molecule has 0 fully saturated rings. The van der Waals surface area contributed by atoms with Gasteiger partial charge in [0, 0.05) is 28.3 Å². The molecule has 0 radical (unpaired) electrons. The molecular weight excluding hydrogens is 384 g/mol. The van der Waals surface area contributed by atoms with Crippen LogP contribution in [0, 0.1) is 6.92 Å². The van der Waals surface area contributed by atoms with E-state index in [9.17, 15) is 9.90 Å². The number of amides is 1. The molecule has 0 atom stereocenters. The molecule has 0 unspecified atom stereocenters. The Hall–Kier alpha value is -1.76. The molecule has 27 heavy (non-hydrogen) atoms. The van der Waals surface area contributed by atoms with Gasteiger partial charge in [0.2, 0.25) is 5.91 Å². The number of aryl methyl sites for hydroxylation is 1. The van der Waals surface area contributed by atoms with Crippen LogP contribution in [0.25, 0.3) is 10.4 Å². The monoisotopic (exact) mass is 410 g/mol. The highest BCUT2D eigenvalue weighted by atomic mass is 35.5. The number of fused-ring (bicyclic) bond motifs is 1. The summed E-state index contributed by atoms with van der Waals surface area (Å²) in [4.78, 5) is 16.7. The van der Waals surface area contributed by atoms with Crippen molar-refractivity contribution < 1.29 is 14.6 Å². The quantitative estimate of drug-likeness (QED) is 0.703. The van der Waals surface area contributed by atoms with Gasteiger partial charge in [-0.05, 0) is 56.1 Å². The summed E-state index contributed by atoms with van der Waals surface area (Å²) in [5.41, 5.74) is 7.32. The van der Waals surface area contributed by atoms with Gasteiger partial charge < -0.3 is 20.5 Å². The van der Waals surface area contributed by atoms with Crippen LogP contribution in [0.4, 0.5) is 0 Å². The van der Waals surface area contributed by atoms with Crippen LogP contribution in [0.1, 0.15) is 36.1 Å². The smallest absolute Gasteiger partial charge is 0.222 e. The molecule has 0 saturated carbocycles. The van der Waals surface area contributed by atoms with Crippen molar-refractivity contribution in [3.63, 3.8) is 0 Å². The van der Waals surface area contributed by atoms with E-state index in [0.717, 1.165) is 35.3 Å². The van der Waals surface area contributed by atoms with E-state index in [-0.39, 0.29) is 24.1 Å². The molecule has 7 heteroatoms. The van der Waals surface area contributed by atoms with E-state index in [0.29, 0.717) is 38.4 Å². The van der Waals surface area contributed by atoms with E-state index in [4.69, 9.17) is 10.5 Å². The number of phenols is 1. The third-order valence-corrected chi connectivity index (χ3v) is 5.64. The largest absolute Gasteiger partial charge is 0.504 e. The standard InChI is InChI=1S/C20H26N2O3S.ClH/c1-14-6-7-18(26-14)15-11-16-13-22(19(24)5-3-2-4-8-21)9-10-25-20(16)17(23)12-15;/h6-7,11-12,23H,2-5,8-10,13,21H2,1H3;1H. The maximum Gasteiger partial charge on any atom is 0.222 e. The van der Waals surface area contributed by atoms with Crippen LogP contribution in [0.3, 0.4) is 0 Å². The second kappa shape index (κ2) is 9.97. The fourth-order valence-corrected chi connectivity index (χ4v) is 4.05. The van der Waals surface area contributed by atoms with Crippen molar-refractivity contribution in [3.8, 4) is 21.9 Å². The molecule has 0 bridgehead atoms. The van der Waals surface area contributed by atoms with Crippen LogP contribution in [0.2, 0.25) is 0 Å². The molecule has 0 spiro atoms. The molecule has 5 nitrogen and oxygen atoms in total. The molecule has 1 aromatic carbocycles. The Labute approximate surface area is 170 Å². The molecule has 2 aromatic rings. The van der Waals surface area contributed by atoms with Gasteiger partial charge in [-0.25, -0.2) is 0 Å². The number of nitrogens with two attached hydrogens (primary N) is 1. The van der Waals surface area contributed by atoms with Gasteiger partial charge in [0.1, 0.15) is 6.61 Å². The lowest BCUT2D eigenvalue weighted by molar-refractivity contribution is -0.132. The van der Waals surface area contributed by atoms with E-state index in [2.05, 4.69) is 19.1 Å². The third kappa shape index (κ3) is 5.37. The highest BCUT2D eigenvalue weighted by molar-refractivity contribution is 7.15. The van der Waals surface area contributed by atoms with Crippen molar-refractivity contribution in [2.75, 3.05) is 19.7 Å². The first-order chi connectivity index (χ1) is 12.6. The molecule has 148 valence electrons. The molecule has 1 aliphatic rings. The van der Waals surface area contributed by atoms with Crippen molar-refractivity contribution in [3.05, 3.63) is 34.7 Å². The minimum absolute atomic E-state index is 0. The predicted octanol–water partition coefficient (Wildman–Crippen LogP) is 4.09. The second-order valence-electron chi connectivity index (χ2n) is 6.66. The zero-order chi connectivity index (χ0) is 18.5. The average Bonchev–Trinajstić information content (AvgIpc) is 2.93. The fourth-order valence-electron chi connectivity index (χ4n) is 3.20. The summed E-state index contributed by atoms with van der Waals surface area (Å²) in [5, 5.41) is 10.4. The highest BCUT2D eigenvalue weighted by Gasteiger charge is 2.22. The van der Waals surface area contributed by atoms with Crippen molar-refractivity contribution >= 4 is 29.7 Å². The lowest BCUT2D eigenvalue weighted by Gasteiger charge is -2.20. The summed E-state index contributed by atoms with van der Waals surface area (Å²) in [7, 11) is 0. The summed E-state index contributed by atoms with van der Waals surface area (Å²) in [5.74, 6) is 0.775. The molecule has 3 N–H and O–H groups in total. The Morgan fingerprint density at radius 3 is 2.81 bits per heavy atom. The van der Waals surface area contributed by atoms with Crippen LogP contribution in [0.15, 0.2) is 24.3 Å². The number of halogens is 1. The van der Waals surface area contributed by atoms with Crippen LogP contribution in [-0.4, -0.2) is 35.6 Å². The number of aromatic hydroxyl groups is 1. The van der Waals surface area contributed by atoms with Gasteiger partial charge in [0.05, 0.1) is 6.54 Å². The number of hydrogen-bond acceptors (Lipinski definition) is 5. The van der Waals surface area contributed by atoms with Crippen LogP contribution in [0.5, 0.6) is 11.5 Å². The first-order valence-electron chi connectivity index (χ1n) is 9.12. The summed E-state index contributed by atoms with van der Waals surface area (Å²) in [6.45, 7) is 4.13. The van der Waals surface area contributed by atoms with Crippen molar-refractivity contribution in [1.82, 2.24) is 4.90 Å². The Kier molecular flexibility index (Phi) is 7.95. The maximum absolute atomic E-state index is 12.5. The lowest BCUT2D eigenvalue weighted by atomic mass is 10.1. The van der Waals surface area contributed by atoms with E-state index in [1.165, 1.54) is 4.88 Å². The minimum atomic E-state index is 0. The Morgan fingerprint density at radius 1 is 1.30 bits per heavy atom. The van der Waals surface area contributed by atoms with E-state index < -0.39 is 0 Å². The Morgan fingerprint density at radius 2 is 2.11 bits per heavy atom. The Balaban J connectivity index is 0.00000261. The number of carbonyl (C=O) groups is 1. The summed E-state index contributed by atoms with van der Waals surface area (Å²) in [6, 6.07) is 7.89. The number of phenolic OH excluding ortho intramolecular Hbond substituents is 1. The zero-order valence-electron chi connectivity index (χ0n) is 15.6. The third-order valence-electron chi connectivity index (χ3n) is 4.59. The maximum atomic E-state index is 12.5. The van der Waals surface area contributed by atoms with Crippen LogP contribution in [-0.2, 0) is 11.3 Å². The molecule has 0 saturated heterocycles. The molecule has 1 amide bonds. The second-order valence-corrected chi connectivity index (χ2v) is 7.94. The van der Waals surface area contributed by atoms with Crippen LogP contribution < -0.4 is 10.5 Å². The topological polar surface area (TPSA) is 75.8 Å². The zero-order valence-corrected chi connectivity index (χ0v) is 17.2. The average molecular weight is 411 g/mol. The van der Waals surface area contributed by atoms with E-state index in [1.54, 1.807) is 17.4 Å². The van der Waals surface area contributed by atoms with Gasteiger partial charge in [-0.15, -0.1) is 23.7 Å². The minimum Gasteiger partial charge on any atom is -0.504 e. The summed E-state index contributed by atoms with van der Waals surface area (Å²) in [6.07, 6.45) is 3.33. The van der Waals surface area contributed by atoms with Crippen LogP contribution >= 0.6 is 23.7 Å². The number of rotatable bonds is 6. The number of thiophene rings is 1. The van der Waals surface area contributed by atoms with Gasteiger partial charge in [0.15, 0.2) is 11.5 Å².